The minimum absolute atomic E-state index is 0.208. The van der Waals surface area contributed by atoms with Crippen molar-refractivity contribution in [2.75, 3.05) is 6.54 Å². The molecule has 112 valence electrons. The number of hydrogen-bond acceptors (Lipinski definition) is 3. The molecule has 0 saturated carbocycles. The SMILES string of the molecule is CCNC(CCc1ccc(Br)cc1[N+](=O)[O-])CC(C)C. The van der Waals surface area contributed by atoms with Crippen molar-refractivity contribution < 1.29 is 4.92 Å². The molecule has 4 nitrogen and oxygen atoms in total. The zero-order chi connectivity index (χ0) is 15.1. The van der Waals surface area contributed by atoms with Crippen LogP contribution in [0.5, 0.6) is 0 Å². The Morgan fingerprint density at radius 2 is 2.10 bits per heavy atom. The van der Waals surface area contributed by atoms with E-state index in [0.717, 1.165) is 35.8 Å². The topological polar surface area (TPSA) is 55.2 Å². The molecule has 1 aromatic rings. The lowest BCUT2D eigenvalue weighted by molar-refractivity contribution is -0.385. The molecule has 0 aliphatic heterocycles. The fourth-order valence-corrected chi connectivity index (χ4v) is 2.76. The van der Waals surface area contributed by atoms with Crippen molar-refractivity contribution in [1.29, 1.82) is 0 Å². The van der Waals surface area contributed by atoms with Crippen LogP contribution in [0, 0.1) is 16.0 Å². The quantitative estimate of drug-likeness (QED) is 0.565. The maximum Gasteiger partial charge on any atom is 0.273 e. The number of rotatable bonds is 8. The van der Waals surface area contributed by atoms with Crippen LogP contribution < -0.4 is 5.32 Å². The third kappa shape index (κ3) is 5.59. The maximum absolute atomic E-state index is 11.1. The maximum atomic E-state index is 11.1. The molecule has 0 bridgehead atoms. The van der Waals surface area contributed by atoms with Crippen molar-refractivity contribution in [3.05, 3.63) is 38.3 Å². The molecule has 1 atom stereocenters. The Balaban J connectivity index is 2.74. The molecule has 0 aliphatic rings. The Morgan fingerprint density at radius 3 is 2.65 bits per heavy atom. The van der Waals surface area contributed by atoms with Gasteiger partial charge in [0, 0.05) is 22.1 Å². The molecule has 0 fully saturated rings. The molecule has 1 rings (SSSR count). The minimum Gasteiger partial charge on any atom is -0.314 e. The molecule has 1 aromatic carbocycles. The third-order valence-corrected chi connectivity index (χ3v) is 3.75. The Kier molecular flexibility index (Phi) is 7.16. The van der Waals surface area contributed by atoms with Crippen LogP contribution in [0.4, 0.5) is 5.69 Å². The van der Waals surface area contributed by atoms with E-state index in [1.165, 1.54) is 0 Å². The molecule has 1 N–H and O–H groups in total. The second kappa shape index (κ2) is 8.37. The summed E-state index contributed by atoms with van der Waals surface area (Å²) in [5, 5.41) is 14.6. The first-order valence-corrected chi connectivity index (χ1v) is 7.89. The summed E-state index contributed by atoms with van der Waals surface area (Å²) in [6, 6.07) is 5.72. The zero-order valence-electron chi connectivity index (χ0n) is 12.4. The number of nitrogens with one attached hydrogen (secondary N) is 1. The van der Waals surface area contributed by atoms with E-state index < -0.39 is 0 Å². The summed E-state index contributed by atoms with van der Waals surface area (Å²) >= 11 is 3.29. The van der Waals surface area contributed by atoms with Crippen LogP contribution in [0.3, 0.4) is 0 Å². The second-order valence-corrected chi connectivity index (χ2v) is 6.37. The van der Waals surface area contributed by atoms with E-state index in [2.05, 4.69) is 42.0 Å². The summed E-state index contributed by atoms with van der Waals surface area (Å²) in [6.45, 7) is 7.42. The van der Waals surface area contributed by atoms with Gasteiger partial charge in [-0.1, -0.05) is 42.8 Å². The summed E-state index contributed by atoms with van der Waals surface area (Å²) in [5.74, 6) is 0.624. The lowest BCUT2D eigenvalue weighted by atomic mass is 9.97. The van der Waals surface area contributed by atoms with Gasteiger partial charge in [-0.05, 0) is 37.8 Å². The molecule has 0 radical (unpaired) electrons. The molecular formula is C15H23BrN2O2. The third-order valence-electron chi connectivity index (χ3n) is 3.25. The summed E-state index contributed by atoms with van der Waals surface area (Å²) in [6.07, 6.45) is 2.75. The average molecular weight is 343 g/mol. The van der Waals surface area contributed by atoms with Crippen molar-refractivity contribution in [1.82, 2.24) is 5.32 Å². The molecule has 0 spiro atoms. The van der Waals surface area contributed by atoms with Gasteiger partial charge in [0.25, 0.3) is 5.69 Å². The van der Waals surface area contributed by atoms with Gasteiger partial charge in [-0.2, -0.15) is 0 Å². The molecule has 0 saturated heterocycles. The van der Waals surface area contributed by atoms with E-state index in [9.17, 15) is 10.1 Å². The van der Waals surface area contributed by atoms with Crippen LogP contribution in [-0.2, 0) is 6.42 Å². The van der Waals surface area contributed by atoms with E-state index >= 15 is 0 Å². The van der Waals surface area contributed by atoms with Gasteiger partial charge in [0.05, 0.1) is 4.92 Å². The van der Waals surface area contributed by atoms with E-state index in [4.69, 9.17) is 0 Å². The van der Waals surface area contributed by atoms with Crippen LogP contribution in [0.15, 0.2) is 22.7 Å². The smallest absolute Gasteiger partial charge is 0.273 e. The standard InChI is InChI=1S/C15H23BrN2O2/c1-4-17-14(9-11(2)3)8-6-12-5-7-13(16)10-15(12)18(19)20/h5,7,10-11,14,17H,4,6,8-9H2,1-3H3. The molecule has 1 unspecified atom stereocenters. The number of nitro benzene ring substituents is 1. The van der Waals surface area contributed by atoms with Gasteiger partial charge in [0.1, 0.15) is 0 Å². The lowest BCUT2D eigenvalue weighted by Crippen LogP contribution is -2.30. The number of nitro groups is 1. The van der Waals surface area contributed by atoms with Crippen molar-refractivity contribution >= 4 is 21.6 Å². The first-order valence-electron chi connectivity index (χ1n) is 7.10. The number of aryl methyl sites for hydroxylation is 1. The molecular weight excluding hydrogens is 320 g/mol. The average Bonchev–Trinajstić information content (AvgIpc) is 2.36. The summed E-state index contributed by atoms with van der Waals surface area (Å²) < 4.78 is 0.748. The lowest BCUT2D eigenvalue weighted by Gasteiger charge is -2.19. The first-order chi connectivity index (χ1) is 9.43. The van der Waals surface area contributed by atoms with Crippen molar-refractivity contribution in [2.45, 2.75) is 46.1 Å². The number of nitrogens with zero attached hydrogens (tertiary/aromatic N) is 1. The second-order valence-electron chi connectivity index (χ2n) is 5.45. The van der Waals surface area contributed by atoms with Gasteiger partial charge >= 0.3 is 0 Å². The zero-order valence-corrected chi connectivity index (χ0v) is 13.9. The van der Waals surface area contributed by atoms with Crippen molar-refractivity contribution in [3.63, 3.8) is 0 Å². The van der Waals surface area contributed by atoms with Gasteiger partial charge in [-0.15, -0.1) is 0 Å². The Bertz CT molecular complexity index is 449. The Hall–Kier alpha value is -0.940. The van der Waals surface area contributed by atoms with Gasteiger partial charge in [0.15, 0.2) is 0 Å². The van der Waals surface area contributed by atoms with Gasteiger partial charge in [-0.3, -0.25) is 10.1 Å². The highest BCUT2D eigenvalue weighted by molar-refractivity contribution is 9.10. The van der Waals surface area contributed by atoms with Gasteiger partial charge in [0.2, 0.25) is 0 Å². The Morgan fingerprint density at radius 1 is 1.40 bits per heavy atom. The fourth-order valence-electron chi connectivity index (χ4n) is 2.41. The molecule has 0 aliphatic carbocycles. The fraction of sp³-hybridized carbons (Fsp3) is 0.600. The highest BCUT2D eigenvalue weighted by Crippen LogP contribution is 2.25. The normalized spacial score (nSPS) is 12.7. The molecule has 0 amide bonds. The Labute approximate surface area is 129 Å². The largest absolute Gasteiger partial charge is 0.314 e. The first kappa shape index (κ1) is 17.1. The van der Waals surface area contributed by atoms with Gasteiger partial charge in [-0.25, -0.2) is 0 Å². The van der Waals surface area contributed by atoms with E-state index in [0.29, 0.717) is 12.0 Å². The van der Waals surface area contributed by atoms with E-state index in [-0.39, 0.29) is 10.6 Å². The molecule has 0 aromatic heterocycles. The van der Waals surface area contributed by atoms with Crippen molar-refractivity contribution in [3.8, 4) is 0 Å². The summed E-state index contributed by atoms with van der Waals surface area (Å²) in [7, 11) is 0. The van der Waals surface area contributed by atoms with Crippen LogP contribution in [0.25, 0.3) is 0 Å². The monoisotopic (exact) mass is 342 g/mol. The minimum atomic E-state index is -0.301. The highest BCUT2D eigenvalue weighted by atomic mass is 79.9. The van der Waals surface area contributed by atoms with Crippen LogP contribution >= 0.6 is 15.9 Å². The number of hydrogen-bond donors (Lipinski definition) is 1. The predicted molar refractivity (Wildman–Crippen MR) is 86.0 cm³/mol. The molecule has 0 heterocycles. The van der Waals surface area contributed by atoms with Crippen molar-refractivity contribution in [2.24, 2.45) is 5.92 Å². The predicted octanol–water partition coefficient (Wildman–Crippen LogP) is 4.31. The van der Waals surface area contributed by atoms with Gasteiger partial charge < -0.3 is 5.32 Å². The molecule has 5 heteroatoms. The number of benzene rings is 1. The van der Waals surface area contributed by atoms with Crippen LogP contribution in [0.2, 0.25) is 0 Å². The number of halogens is 1. The van der Waals surface area contributed by atoms with E-state index in [1.807, 2.05) is 12.1 Å². The summed E-state index contributed by atoms with van der Waals surface area (Å²) in [5.41, 5.74) is 1.02. The van der Waals surface area contributed by atoms with Crippen LogP contribution in [-0.4, -0.2) is 17.5 Å². The molecule has 20 heavy (non-hydrogen) atoms. The van der Waals surface area contributed by atoms with E-state index in [1.54, 1.807) is 6.07 Å². The summed E-state index contributed by atoms with van der Waals surface area (Å²) in [4.78, 5) is 10.8. The highest BCUT2D eigenvalue weighted by Gasteiger charge is 2.16. The van der Waals surface area contributed by atoms with Crippen LogP contribution in [0.1, 0.15) is 39.2 Å².